The van der Waals surface area contributed by atoms with Crippen LogP contribution in [0.15, 0.2) is 0 Å². The second-order valence-electron chi connectivity index (χ2n) is 5.12. The van der Waals surface area contributed by atoms with Crippen LogP contribution in [0.4, 0.5) is 0 Å². The lowest BCUT2D eigenvalue weighted by molar-refractivity contribution is 0.283. The largest absolute Gasteiger partial charge is 0.312 e. The molecule has 72 valence electrons. The van der Waals surface area contributed by atoms with E-state index in [0.29, 0.717) is 5.54 Å². The fraction of sp³-hybridized carbons (Fsp3) is 1.00. The van der Waals surface area contributed by atoms with Crippen molar-refractivity contribution in [3.05, 3.63) is 0 Å². The molecule has 0 atom stereocenters. The Hall–Kier alpha value is -0.0400. The van der Waals surface area contributed by atoms with Crippen LogP contribution < -0.4 is 5.32 Å². The van der Waals surface area contributed by atoms with Gasteiger partial charge in [0.2, 0.25) is 0 Å². The van der Waals surface area contributed by atoms with E-state index in [9.17, 15) is 0 Å². The van der Waals surface area contributed by atoms with E-state index in [1.165, 1.54) is 38.6 Å². The molecule has 0 heterocycles. The molecule has 1 heteroatoms. The Morgan fingerprint density at radius 3 is 2.33 bits per heavy atom. The highest BCUT2D eigenvalue weighted by atomic mass is 14.9. The molecule has 0 bridgehead atoms. The van der Waals surface area contributed by atoms with Crippen molar-refractivity contribution >= 4 is 0 Å². The van der Waals surface area contributed by atoms with Crippen molar-refractivity contribution in [2.75, 3.05) is 6.54 Å². The summed E-state index contributed by atoms with van der Waals surface area (Å²) in [5, 5.41) is 3.53. The Bertz CT molecular complexity index is 119. The van der Waals surface area contributed by atoms with Crippen LogP contribution >= 0.6 is 0 Å². The molecule has 12 heavy (non-hydrogen) atoms. The van der Waals surface area contributed by atoms with Crippen LogP contribution in [-0.2, 0) is 0 Å². The van der Waals surface area contributed by atoms with E-state index in [1.54, 1.807) is 0 Å². The maximum absolute atomic E-state index is 3.53. The lowest BCUT2D eigenvalue weighted by atomic mass is 9.82. The Morgan fingerprint density at radius 2 is 1.92 bits per heavy atom. The molecular weight excluding hydrogens is 146 g/mol. The summed E-state index contributed by atoms with van der Waals surface area (Å²) in [5.41, 5.74) is 0.305. The summed E-state index contributed by atoms with van der Waals surface area (Å²) < 4.78 is 0. The zero-order valence-electron chi connectivity index (χ0n) is 8.82. The summed E-state index contributed by atoms with van der Waals surface area (Å²) in [6.07, 6.45) is 7.29. The zero-order valence-corrected chi connectivity index (χ0v) is 8.82. The van der Waals surface area contributed by atoms with Gasteiger partial charge >= 0.3 is 0 Å². The predicted octanol–water partition coefficient (Wildman–Crippen LogP) is 2.95. The van der Waals surface area contributed by atoms with Crippen LogP contribution in [0.1, 0.15) is 52.9 Å². The van der Waals surface area contributed by atoms with E-state index >= 15 is 0 Å². The van der Waals surface area contributed by atoms with E-state index in [-0.39, 0.29) is 0 Å². The molecule has 1 saturated carbocycles. The van der Waals surface area contributed by atoms with Crippen molar-refractivity contribution < 1.29 is 0 Å². The van der Waals surface area contributed by atoms with Crippen molar-refractivity contribution in [3.63, 3.8) is 0 Å². The first-order valence-corrected chi connectivity index (χ1v) is 5.33. The van der Waals surface area contributed by atoms with Gasteiger partial charge in [0.15, 0.2) is 0 Å². The minimum Gasteiger partial charge on any atom is -0.312 e. The van der Waals surface area contributed by atoms with E-state index in [1.807, 2.05) is 0 Å². The molecule has 0 amide bonds. The monoisotopic (exact) mass is 169 g/mol. The molecule has 0 radical (unpaired) electrons. The van der Waals surface area contributed by atoms with Crippen molar-refractivity contribution in [3.8, 4) is 0 Å². The molecule has 1 fully saturated rings. The van der Waals surface area contributed by atoms with Crippen molar-refractivity contribution in [2.45, 2.75) is 58.4 Å². The van der Waals surface area contributed by atoms with Gasteiger partial charge in [-0.15, -0.1) is 0 Å². The second-order valence-corrected chi connectivity index (χ2v) is 5.12. The number of hydrogen-bond acceptors (Lipinski definition) is 1. The molecule has 0 aliphatic heterocycles. The van der Waals surface area contributed by atoms with Gasteiger partial charge in [-0.2, -0.15) is 0 Å². The maximum atomic E-state index is 3.53. The van der Waals surface area contributed by atoms with E-state index in [2.05, 4.69) is 26.1 Å². The minimum atomic E-state index is 0.305. The lowest BCUT2D eigenvalue weighted by Crippen LogP contribution is -2.36. The van der Waals surface area contributed by atoms with Crippen molar-refractivity contribution in [2.24, 2.45) is 5.92 Å². The minimum absolute atomic E-state index is 0.305. The van der Waals surface area contributed by atoms with Gasteiger partial charge in [-0.05, 0) is 46.1 Å². The van der Waals surface area contributed by atoms with Crippen LogP contribution in [-0.4, -0.2) is 12.1 Å². The topological polar surface area (TPSA) is 12.0 Å². The standard InChI is InChI=1S/C11H23N/c1-11(2,3)12-9-5-8-10-6-4-7-10/h10,12H,4-9H2,1-3H3. The highest BCUT2D eigenvalue weighted by Crippen LogP contribution is 2.30. The quantitative estimate of drug-likeness (QED) is 0.638. The van der Waals surface area contributed by atoms with Crippen LogP contribution in [0.2, 0.25) is 0 Å². The molecule has 0 aromatic heterocycles. The van der Waals surface area contributed by atoms with Gasteiger partial charge in [-0.25, -0.2) is 0 Å². The van der Waals surface area contributed by atoms with E-state index in [4.69, 9.17) is 0 Å². The normalized spacial score (nSPS) is 19.2. The third-order valence-corrected chi connectivity index (χ3v) is 2.67. The van der Waals surface area contributed by atoms with Crippen LogP contribution in [0.25, 0.3) is 0 Å². The molecule has 1 aliphatic carbocycles. The molecule has 0 unspecified atom stereocenters. The average Bonchev–Trinajstić information content (AvgIpc) is 1.80. The molecule has 0 saturated heterocycles. The van der Waals surface area contributed by atoms with Gasteiger partial charge in [0, 0.05) is 5.54 Å². The molecular formula is C11H23N. The Morgan fingerprint density at radius 1 is 1.25 bits per heavy atom. The summed E-state index contributed by atoms with van der Waals surface area (Å²) in [5.74, 6) is 1.08. The Labute approximate surface area is 76.9 Å². The van der Waals surface area contributed by atoms with Crippen LogP contribution in [0.5, 0.6) is 0 Å². The molecule has 1 rings (SSSR count). The summed E-state index contributed by atoms with van der Waals surface area (Å²) >= 11 is 0. The average molecular weight is 169 g/mol. The SMILES string of the molecule is CC(C)(C)NCCCC1CCC1. The third-order valence-electron chi connectivity index (χ3n) is 2.67. The van der Waals surface area contributed by atoms with Crippen LogP contribution in [0, 0.1) is 5.92 Å². The predicted molar refractivity (Wildman–Crippen MR) is 54.3 cm³/mol. The highest BCUT2D eigenvalue weighted by molar-refractivity contribution is 4.72. The molecule has 1 aliphatic rings. The zero-order chi connectivity index (χ0) is 9.03. The fourth-order valence-corrected chi connectivity index (χ4v) is 1.64. The Balaban J connectivity index is 1.88. The summed E-state index contributed by atoms with van der Waals surface area (Å²) in [6, 6.07) is 0. The van der Waals surface area contributed by atoms with E-state index in [0.717, 1.165) is 5.92 Å². The first-order chi connectivity index (χ1) is 5.58. The van der Waals surface area contributed by atoms with E-state index < -0.39 is 0 Å². The van der Waals surface area contributed by atoms with Gasteiger partial charge in [0.25, 0.3) is 0 Å². The van der Waals surface area contributed by atoms with Gasteiger partial charge < -0.3 is 5.32 Å². The molecule has 1 N–H and O–H groups in total. The molecule has 1 nitrogen and oxygen atoms in total. The van der Waals surface area contributed by atoms with Gasteiger partial charge in [0.1, 0.15) is 0 Å². The number of nitrogens with one attached hydrogen (secondary N) is 1. The van der Waals surface area contributed by atoms with Crippen molar-refractivity contribution in [1.82, 2.24) is 5.32 Å². The maximum Gasteiger partial charge on any atom is 0.00965 e. The van der Waals surface area contributed by atoms with Gasteiger partial charge in [0.05, 0.1) is 0 Å². The molecule has 0 spiro atoms. The van der Waals surface area contributed by atoms with Gasteiger partial charge in [-0.3, -0.25) is 0 Å². The second kappa shape index (κ2) is 4.27. The smallest absolute Gasteiger partial charge is 0.00965 e. The lowest BCUT2D eigenvalue weighted by Gasteiger charge is -2.26. The third kappa shape index (κ3) is 4.10. The first-order valence-electron chi connectivity index (χ1n) is 5.33. The summed E-state index contributed by atoms with van der Waals surface area (Å²) in [6.45, 7) is 7.89. The summed E-state index contributed by atoms with van der Waals surface area (Å²) in [7, 11) is 0. The number of hydrogen-bond donors (Lipinski definition) is 1. The van der Waals surface area contributed by atoms with Crippen molar-refractivity contribution in [1.29, 1.82) is 0 Å². The first kappa shape index (κ1) is 10.0. The van der Waals surface area contributed by atoms with Crippen LogP contribution in [0.3, 0.4) is 0 Å². The Kier molecular flexibility index (Phi) is 3.57. The van der Waals surface area contributed by atoms with Gasteiger partial charge in [-0.1, -0.05) is 19.3 Å². The number of rotatable bonds is 4. The summed E-state index contributed by atoms with van der Waals surface area (Å²) in [4.78, 5) is 0. The highest BCUT2D eigenvalue weighted by Gasteiger charge is 2.16. The molecule has 0 aromatic carbocycles. The molecule has 0 aromatic rings. The fourth-order valence-electron chi connectivity index (χ4n) is 1.64.